The number of nitrogens with zero attached hydrogens (tertiary/aromatic N) is 2. The summed E-state index contributed by atoms with van der Waals surface area (Å²) in [6.45, 7) is 9.34. The first-order chi connectivity index (χ1) is 7.79. The lowest BCUT2D eigenvalue weighted by Gasteiger charge is -2.32. The molecule has 0 N–H and O–H groups in total. The van der Waals surface area contributed by atoms with Crippen molar-refractivity contribution in [2.24, 2.45) is 0 Å². The third-order valence-corrected chi connectivity index (χ3v) is 2.64. The summed E-state index contributed by atoms with van der Waals surface area (Å²) in [7, 11) is 0. The molecule has 2 amide bonds. The molecule has 5 nitrogen and oxygen atoms in total. The van der Waals surface area contributed by atoms with Gasteiger partial charge in [-0.05, 0) is 13.8 Å². The Kier molecular flexibility index (Phi) is 6.18. The molecule has 1 aliphatic heterocycles. The van der Waals surface area contributed by atoms with Gasteiger partial charge in [0.1, 0.15) is 0 Å². The first-order valence-corrected chi connectivity index (χ1v) is 5.99. The van der Waals surface area contributed by atoms with Crippen LogP contribution < -0.4 is 0 Å². The van der Waals surface area contributed by atoms with E-state index in [9.17, 15) is 4.79 Å². The van der Waals surface area contributed by atoms with E-state index in [2.05, 4.69) is 0 Å². The van der Waals surface area contributed by atoms with Gasteiger partial charge in [-0.3, -0.25) is 0 Å². The zero-order chi connectivity index (χ0) is 11.8. The average Bonchev–Trinajstić information content (AvgIpc) is 2.35. The summed E-state index contributed by atoms with van der Waals surface area (Å²) in [6.07, 6.45) is 0. The molecule has 1 fully saturated rings. The number of morpholine rings is 1. The maximum absolute atomic E-state index is 12.1. The van der Waals surface area contributed by atoms with E-state index in [1.54, 1.807) is 0 Å². The fourth-order valence-electron chi connectivity index (χ4n) is 1.66. The molecule has 0 unspecified atom stereocenters. The number of hydrogen-bond donors (Lipinski definition) is 0. The predicted octanol–water partition coefficient (Wildman–Crippen LogP) is 0.797. The van der Waals surface area contributed by atoms with Crippen LogP contribution in [-0.4, -0.2) is 68.4 Å². The van der Waals surface area contributed by atoms with Gasteiger partial charge in [-0.15, -0.1) is 0 Å². The molecule has 0 radical (unpaired) electrons. The van der Waals surface area contributed by atoms with Crippen molar-refractivity contribution < 1.29 is 14.3 Å². The van der Waals surface area contributed by atoms with Crippen LogP contribution in [0.4, 0.5) is 4.79 Å². The Balaban J connectivity index is 2.35. The molecule has 94 valence electrons. The van der Waals surface area contributed by atoms with Gasteiger partial charge in [-0.25, -0.2) is 4.79 Å². The van der Waals surface area contributed by atoms with E-state index in [0.717, 1.165) is 6.54 Å². The molecule has 1 rings (SSSR count). The third-order valence-electron chi connectivity index (χ3n) is 2.64. The first kappa shape index (κ1) is 13.3. The number of rotatable bonds is 5. The smallest absolute Gasteiger partial charge is 0.320 e. The minimum absolute atomic E-state index is 0.102. The largest absolute Gasteiger partial charge is 0.380 e. The number of likely N-dealkylation sites (N-methyl/N-ethyl adjacent to an activating group) is 1. The lowest BCUT2D eigenvalue weighted by molar-refractivity contribution is 0.0401. The van der Waals surface area contributed by atoms with Crippen LogP contribution >= 0.6 is 0 Å². The highest BCUT2D eigenvalue weighted by Gasteiger charge is 2.21. The van der Waals surface area contributed by atoms with Crippen molar-refractivity contribution in [3.05, 3.63) is 0 Å². The first-order valence-electron chi connectivity index (χ1n) is 5.99. The zero-order valence-electron chi connectivity index (χ0n) is 10.3. The molecule has 0 atom stereocenters. The second kappa shape index (κ2) is 7.46. The molecular formula is C11H22N2O3. The van der Waals surface area contributed by atoms with E-state index >= 15 is 0 Å². The standard InChI is InChI=1S/C11H22N2O3/c1-3-12(5-8-15-4-2)11(14)13-6-9-16-10-7-13/h3-10H2,1-2H3. The van der Waals surface area contributed by atoms with Crippen LogP contribution in [0.25, 0.3) is 0 Å². The van der Waals surface area contributed by atoms with Gasteiger partial charge in [0.25, 0.3) is 0 Å². The van der Waals surface area contributed by atoms with Crippen LogP contribution in [0.3, 0.4) is 0 Å². The van der Waals surface area contributed by atoms with Gasteiger partial charge in [-0.1, -0.05) is 0 Å². The molecule has 1 aliphatic rings. The Hall–Kier alpha value is -0.810. The molecule has 1 heterocycles. The van der Waals surface area contributed by atoms with Gasteiger partial charge in [0.05, 0.1) is 19.8 Å². The Labute approximate surface area is 97.3 Å². The van der Waals surface area contributed by atoms with E-state index in [-0.39, 0.29) is 6.03 Å². The minimum atomic E-state index is 0.102. The summed E-state index contributed by atoms with van der Waals surface area (Å²) in [5.41, 5.74) is 0. The van der Waals surface area contributed by atoms with Gasteiger partial charge in [0.15, 0.2) is 0 Å². The second-order valence-corrected chi connectivity index (χ2v) is 3.66. The molecule has 0 aromatic heterocycles. The van der Waals surface area contributed by atoms with E-state index in [1.807, 2.05) is 23.6 Å². The third kappa shape index (κ3) is 3.98. The van der Waals surface area contributed by atoms with Crippen molar-refractivity contribution >= 4 is 6.03 Å². The number of carbonyl (C=O) groups is 1. The molecule has 0 aliphatic carbocycles. The summed E-state index contributed by atoms with van der Waals surface area (Å²) < 4.78 is 10.5. The number of amides is 2. The normalized spacial score (nSPS) is 16.2. The van der Waals surface area contributed by atoms with Crippen LogP contribution in [0.5, 0.6) is 0 Å². The molecular weight excluding hydrogens is 208 g/mol. The molecule has 0 saturated carbocycles. The Morgan fingerprint density at radius 3 is 2.62 bits per heavy atom. The lowest BCUT2D eigenvalue weighted by Crippen LogP contribution is -2.48. The van der Waals surface area contributed by atoms with Crippen LogP contribution in [-0.2, 0) is 9.47 Å². The fourth-order valence-corrected chi connectivity index (χ4v) is 1.66. The summed E-state index contributed by atoms with van der Waals surface area (Å²) in [6, 6.07) is 0.102. The summed E-state index contributed by atoms with van der Waals surface area (Å²) in [5, 5.41) is 0. The van der Waals surface area contributed by atoms with Gasteiger partial charge >= 0.3 is 6.03 Å². The SMILES string of the molecule is CCOCCN(CC)C(=O)N1CCOCC1. The Bertz CT molecular complexity index is 205. The van der Waals surface area contributed by atoms with Crippen molar-refractivity contribution in [1.82, 2.24) is 9.80 Å². The number of ether oxygens (including phenoxy) is 2. The maximum atomic E-state index is 12.1. The quantitative estimate of drug-likeness (QED) is 0.656. The highest BCUT2D eigenvalue weighted by molar-refractivity contribution is 5.74. The summed E-state index contributed by atoms with van der Waals surface area (Å²) in [4.78, 5) is 15.7. The Morgan fingerprint density at radius 1 is 1.38 bits per heavy atom. The zero-order valence-corrected chi connectivity index (χ0v) is 10.3. The van der Waals surface area contributed by atoms with Crippen molar-refractivity contribution in [3.63, 3.8) is 0 Å². The topological polar surface area (TPSA) is 42.0 Å². The van der Waals surface area contributed by atoms with Gasteiger partial charge in [0.2, 0.25) is 0 Å². The lowest BCUT2D eigenvalue weighted by atomic mass is 10.4. The van der Waals surface area contributed by atoms with Gasteiger partial charge in [-0.2, -0.15) is 0 Å². The summed E-state index contributed by atoms with van der Waals surface area (Å²) >= 11 is 0. The molecule has 0 bridgehead atoms. The van der Waals surface area contributed by atoms with E-state index in [0.29, 0.717) is 46.1 Å². The molecule has 0 spiro atoms. The fraction of sp³-hybridized carbons (Fsp3) is 0.909. The summed E-state index contributed by atoms with van der Waals surface area (Å²) in [5.74, 6) is 0. The monoisotopic (exact) mass is 230 g/mol. The van der Waals surface area contributed by atoms with E-state index in [4.69, 9.17) is 9.47 Å². The predicted molar refractivity (Wildman–Crippen MR) is 61.5 cm³/mol. The highest BCUT2D eigenvalue weighted by Crippen LogP contribution is 2.03. The van der Waals surface area contributed by atoms with Crippen LogP contribution in [0.2, 0.25) is 0 Å². The van der Waals surface area contributed by atoms with Crippen molar-refractivity contribution in [1.29, 1.82) is 0 Å². The minimum Gasteiger partial charge on any atom is -0.380 e. The maximum Gasteiger partial charge on any atom is 0.320 e. The Morgan fingerprint density at radius 2 is 2.06 bits per heavy atom. The number of carbonyl (C=O) groups excluding carboxylic acids is 1. The van der Waals surface area contributed by atoms with E-state index in [1.165, 1.54) is 0 Å². The van der Waals surface area contributed by atoms with Gasteiger partial charge < -0.3 is 19.3 Å². The van der Waals surface area contributed by atoms with Crippen molar-refractivity contribution in [3.8, 4) is 0 Å². The molecule has 5 heteroatoms. The van der Waals surface area contributed by atoms with Crippen LogP contribution in [0, 0.1) is 0 Å². The van der Waals surface area contributed by atoms with E-state index < -0.39 is 0 Å². The van der Waals surface area contributed by atoms with Gasteiger partial charge in [0, 0.05) is 32.8 Å². The molecule has 0 aromatic rings. The molecule has 1 saturated heterocycles. The molecule has 16 heavy (non-hydrogen) atoms. The van der Waals surface area contributed by atoms with Crippen LogP contribution in [0.1, 0.15) is 13.8 Å². The highest BCUT2D eigenvalue weighted by atomic mass is 16.5. The number of urea groups is 1. The number of hydrogen-bond acceptors (Lipinski definition) is 3. The average molecular weight is 230 g/mol. The molecule has 0 aromatic carbocycles. The second-order valence-electron chi connectivity index (χ2n) is 3.66. The van der Waals surface area contributed by atoms with Crippen LogP contribution in [0.15, 0.2) is 0 Å². The van der Waals surface area contributed by atoms with Crippen molar-refractivity contribution in [2.45, 2.75) is 13.8 Å². The van der Waals surface area contributed by atoms with Crippen molar-refractivity contribution in [2.75, 3.05) is 52.6 Å².